The predicted octanol–water partition coefficient (Wildman–Crippen LogP) is 9.98. The van der Waals surface area contributed by atoms with Gasteiger partial charge in [-0.3, -0.25) is 23.5 Å². The minimum absolute atomic E-state index is 0.259. The Morgan fingerprint density at radius 2 is 1.59 bits per heavy atom. The highest BCUT2D eigenvalue weighted by molar-refractivity contribution is 6.11. The zero-order valence-corrected chi connectivity index (χ0v) is 41.5. The largest absolute Gasteiger partial charge is 0.492 e. The van der Waals surface area contributed by atoms with Gasteiger partial charge in [0, 0.05) is 70.9 Å². The van der Waals surface area contributed by atoms with Gasteiger partial charge in [-0.25, -0.2) is 14.8 Å². The highest BCUT2D eigenvalue weighted by Crippen LogP contribution is 2.48. The molecule has 2 aromatic carbocycles. The summed E-state index contributed by atoms with van der Waals surface area (Å²) in [5.74, 6) is -0.398. The van der Waals surface area contributed by atoms with Gasteiger partial charge in [-0.1, -0.05) is 45.2 Å². The minimum atomic E-state index is -0.476. The van der Waals surface area contributed by atoms with Crippen LogP contribution in [0.5, 0.6) is 5.75 Å². The summed E-state index contributed by atoms with van der Waals surface area (Å²) < 4.78 is 17.7. The molecule has 0 saturated carbocycles. The van der Waals surface area contributed by atoms with Crippen molar-refractivity contribution in [1.29, 1.82) is 0 Å². The predicted molar refractivity (Wildman–Crippen MR) is 279 cm³/mol. The lowest BCUT2D eigenvalue weighted by atomic mass is 9.93. The van der Waals surface area contributed by atoms with Crippen LogP contribution in [0.2, 0.25) is 0 Å². The van der Waals surface area contributed by atoms with Crippen LogP contribution in [0.15, 0.2) is 98.9 Å². The van der Waals surface area contributed by atoms with Crippen molar-refractivity contribution in [1.82, 2.24) is 44.0 Å². The van der Waals surface area contributed by atoms with E-state index in [0.717, 1.165) is 92.8 Å². The summed E-state index contributed by atoms with van der Waals surface area (Å²) in [6.07, 6.45) is 14.2. The molecule has 0 spiro atoms. The van der Waals surface area contributed by atoms with Gasteiger partial charge in [-0.05, 0) is 118 Å². The minimum Gasteiger partial charge on any atom is -0.492 e. The number of hydrogen-bond acceptors (Lipinski definition) is 10. The zero-order valence-electron chi connectivity index (χ0n) is 41.5. The molecule has 9 rings (SSSR count). The standard InChI is InChI=1S/C55H59N11O5/c1-11-45(67)60-43-22-36(48-47-34(8)42(55(69)71-32(5)6)27-56-53(47)62-51(48)37-24-59-65(29-37)21-20-64-18-13-19-64)15-17-44(43)66-52(38-25-58-63(10)28-38)49(41-23-39(26-57-54(41)66)70-30-31(3)4)40-16-14-33(7)50(35(40)9)61-46(68)12-2/h11-12,14-17,22-29,31-32H,1-2,13,18-21,30H2,3-10H3,(H,56,62)(H,60,67)(H,61,68). The third-order valence-corrected chi connectivity index (χ3v) is 12.9. The monoisotopic (exact) mass is 953 g/mol. The first-order valence-electron chi connectivity index (χ1n) is 23.9. The Balaban J connectivity index is 1.33. The lowest BCUT2D eigenvalue weighted by molar-refractivity contribution is -0.112. The second-order valence-electron chi connectivity index (χ2n) is 18.8. The summed E-state index contributed by atoms with van der Waals surface area (Å²) in [4.78, 5) is 56.0. The molecule has 1 fully saturated rings. The number of hydrogen-bond donors (Lipinski definition) is 3. The number of amides is 2. The maximum Gasteiger partial charge on any atom is 0.340 e. The van der Waals surface area contributed by atoms with Crippen molar-refractivity contribution in [3.63, 3.8) is 0 Å². The summed E-state index contributed by atoms with van der Waals surface area (Å²) in [6.45, 7) is 25.4. The molecule has 1 aliphatic rings. The number of aromatic amines is 1. The number of carbonyl (C=O) groups is 3. The number of aryl methyl sites for hydroxylation is 3. The molecule has 0 unspecified atom stereocenters. The van der Waals surface area contributed by atoms with Crippen LogP contribution < -0.4 is 15.4 Å². The first-order chi connectivity index (χ1) is 34.1. The molecule has 364 valence electrons. The molecular weight excluding hydrogens is 895 g/mol. The smallest absolute Gasteiger partial charge is 0.340 e. The normalized spacial score (nSPS) is 12.7. The van der Waals surface area contributed by atoms with Crippen LogP contribution in [-0.4, -0.2) is 94.1 Å². The molecule has 7 heterocycles. The molecule has 8 aromatic rings. The number of likely N-dealkylation sites (tertiary alicyclic amines) is 1. The van der Waals surface area contributed by atoms with Crippen LogP contribution >= 0.6 is 0 Å². The average molecular weight is 954 g/mol. The fraction of sp³-hybridized carbons (Fsp3) is 0.291. The summed E-state index contributed by atoms with van der Waals surface area (Å²) in [5, 5.41) is 17.1. The Morgan fingerprint density at radius 1 is 0.831 bits per heavy atom. The van der Waals surface area contributed by atoms with Crippen LogP contribution in [0, 0.1) is 26.7 Å². The lowest BCUT2D eigenvalue weighted by Gasteiger charge is -2.30. The number of aromatic nitrogens is 8. The molecule has 2 amide bonds. The molecule has 6 aromatic heterocycles. The van der Waals surface area contributed by atoms with E-state index in [-0.39, 0.29) is 17.9 Å². The Hall–Kier alpha value is -8.11. The van der Waals surface area contributed by atoms with E-state index in [9.17, 15) is 14.4 Å². The van der Waals surface area contributed by atoms with Crippen LogP contribution in [0.4, 0.5) is 11.4 Å². The highest BCUT2D eigenvalue weighted by Gasteiger charge is 2.29. The number of ether oxygens (including phenoxy) is 2. The number of H-pyrrole nitrogens is 1. The molecule has 0 radical (unpaired) electrons. The number of anilines is 2. The number of rotatable bonds is 17. The number of esters is 1. The van der Waals surface area contributed by atoms with Crippen molar-refractivity contribution in [2.75, 3.05) is 36.9 Å². The van der Waals surface area contributed by atoms with E-state index in [4.69, 9.17) is 24.5 Å². The van der Waals surface area contributed by atoms with Gasteiger partial charge in [-0.2, -0.15) is 10.2 Å². The van der Waals surface area contributed by atoms with Gasteiger partial charge in [0.15, 0.2) is 0 Å². The van der Waals surface area contributed by atoms with Gasteiger partial charge in [0.1, 0.15) is 17.0 Å². The summed E-state index contributed by atoms with van der Waals surface area (Å²) in [5.41, 5.74) is 11.7. The average Bonchev–Trinajstić information content (AvgIpc) is 4.13. The van der Waals surface area contributed by atoms with Crippen molar-refractivity contribution < 1.29 is 23.9 Å². The topological polar surface area (TPSA) is 179 Å². The van der Waals surface area contributed by atoms with E-state index >= 15 is 0 Å². The molecule has 3 N–H and O–H groups in total. The van der Waals surface area contributed by atoms with E-state index in [2.05, 4.69) is 52.6 Å². The van der Waals surface area contributed by atoms with Gasteiger partial charge < -0.3 is 30.0 Å². The van der Waals surface area contributed by atoms with Crippen LogP contribution in [0.1, 0.15) is 61.2 Å². The first-order valence-corrected chi connectivity index (χ1v) is 23.9. The van der Waals surface area contributed by atoms with E-state index in [1.165, 1.54) is 18.6 Å². The van der Waals surface area contributed by atoms with Crippen molar-refractivity contribution in [2.45, 2.75) is 67.5 Å². The van der Waals surface area contributed by atoms with Crippen LogP contribution in [-0.2, 0) is 27.9 Å². The lowest BCUT2D eigenvalue weighted by Crippen LogP contribution is -2.39. The van der Waals surface area contributed by atoms with Crippen molar-refractivity contribution >= 4 is 51.2 Å². The molecule has 0 atom stereocenters. The number of nitrogens with one attached hydrogen (secondary N) is 3. The van der Waals surface area contributed by atoms with E-state index in [1.54, 1.807) is 23.3 Å². The number of benzene rings is 2. The number of pyridine rings is 2. The maximum atomic E-state index is 13.7. The molecule has 71 heavy (non-hydrogen) atoms. The Morgan fingerprint density at radius 3 is 2.28 bits per heavy atom. The van der Waals surface area contributed by atoms with E-state index in [1.807, 2.05) is 106 Å². The molecule has 16 heteroatoms. The van der Waals surface area contributed by atoms with Gasteiger partial charge in [0.05, 0.1) is 66.2 Å². The van der Waals surface area contributed by atoms with Crippen molar-refractivity contribution in [3.05, 3.63) is 121 Å². The second-order valence-corrected chi connectivity index (χ2v) is 18.8. The van der Waals surface area contributed by atoms with Crippen LogP contribution in [0.25, 0.3) is 72.5 Å². The molecule has 0 bridgehead atoms. The van der Waals surface area contributed by atoms with Crippen molar-refractivity contribution in [2.24, 2.45) is 13.0 Å². The molecule has 1 saturated heterocycles. The molecular formula is C55H59N11O5. The second kappa shape index (κ2) is 19.7. The Bertz CT molecular complexity index is 3400. The third-order valence-electron chi connectivity index (χ3n) is 12.9. The number of nitrogens with zero attached hydrogens (tertiary/aromatic N) is 8. The van der Waals surface area contributed by atoms with Crippen molar-refractivity contribution in [3.8, 4) is 56.2 Å². The quantitative estimate of drug-likeness (QED) is 0.0588. The Kier molecular flexibility index (Phi) is 13.3. The number of fused-ring (bicyclic) bond motifs is 2. The summed E-state index contributed by atoms with van der Waals surface area (Å²) in [6, 6.07) is 11.9. The zero-order chi connectivity index (χ0) is 50.2. The van der Waals surface area contributed by atoms with E-state index < -0.39 is 11.9 Å². The van der Waals surface area contributed by atoms with Gasteiger partial charge >= 0.3 is 5.97 Å². The van der Waals surface area contributed by atoms with Crippen LogP contribution in [0.3, 0.4) is 0 Å². The fourth-order valence-electron chi connectivity index (χ4n) is 9.23. The third kappa shape index (κ3) is 9.37. The summed E-state index contributed by atoms with van der Waals surface area (Å²) >= 11 is 0. The van der Waals surface area contributed by atoms with Gasteiger partial charge in [0.25, 0.3) is 0 Å². The Labute approximate surface area is 412 Å². The molecule has 1 aliphatic heterocycles. The number of carbonyl (C=O) groups excluding carboxylic acids is 3. The maximum absolute atomic E-state index is 13.7. The highest BCUT2D eigenvalue weighted by atomic mass is 16.5. The van der Waals surface area contributed by atoms with Gasteiger partial charge in [-0.15, -0.1) is 0 Å². The molecule has 16 nitrogen and oxygen atoms in total. The SMILES string of the molecule is C=CC(=O)Nc1cc(-c2c(-c3cnn(CCN4CCC4)c3)[nH]c3ncc(C(=O)OC(C)C)c(C)c23)ccc1-n1c(-c2cnn(C)c2)c(-c2ccc(C)c(NC(=O)C=C)c2C)c2cc(OCC(C)C)cnc21. The fourth-order valence-corrected chi connectivity index (χ4v) is 9.23. The summed E-state index contributed by atoms with van der Waals surface area (Å²) in [7, 11) is 1.86. The van der Waals surface area contributed by atoms with E-state index in [0.29, 0.717) is 51.8 Å². The first kappa shape index (κ1) is 47.9. The van der Waals surface area contributed by atoms with Gasteiger partial charge in [0.2, 0.25) is 11.8 Å². The molecule has 0 aliphatic carbocycles.